The summed E-state index contributed by atoms with van der Waals surface area (Å²) in [5.41, 5.74) is -1.50. The van der Waals surface area contributed by atoms with Gasteiger partial charge in [-0.1, -0.05) is 20.8 Å². The second-order valence-corrected chi connectivity index (χ2v) is 5.09. The summed E-state index contributed by atoms with van der Waals surface area (Å²) in [5.74, 6) is -0.311. The number of esters is 1. The second-order valence-electron chi connectivity index (χ2n) is 5.09. The van der Waals surface area contributed by atoms with Crippen LogP contribution in [0.5, 0.6) is 0 Å². The lowest BCUT2D eigenvalue weighted by atomic mass is 9.69. The van der Waals surface area contributed by atoms with E-state index >= 15 is 0 Å². The molecule has 3 nitrogen and oxygen atoms in total. The fraction of sp³-hybridized carbons (Fsp3) is 0.833. The molecule has 0 saturated carbocycles. The van der Waals surface area contributed by atoms with Crippen LogP contribution in [0, 0.1) is 10.8 Å². The average Bonchev–Trinajstić information content (AvgIpc) is 2.17. The molecule has 88 valence electrons. The van der Waals surface area contributed by atoms with Gasteiger partial charge in [-0.05, 0) is 27.2 Å². The van der Waals surface area contributed by atoms with Gasteiger partial charge in [0.05, 0.1) is 11.5 Å². The molecule has 0 aliphatic heterocycles. The van der Waals surface area contributed by atoms with Gasteiger partial charge in [0, 0.05) is 5.41 Å². The molecule has 0 bridgehead atoms. The molecule has 0 rings (SSSR count). The topological polar surface area (TPSA) is 43.4 Å². The Morgan fingerprint density at radius 2 is 1.80 bits per heavy atom. The summed E-state index contributed by atoms with van der Waals surface area (Å²) >= 11 is 0. The summed E-state index contributed by atoms with van der Waals surface area (Å²) < 4.78 is 5.25. The Morgan fingerprint density at radius 3 is 2.13 bits per heavy atom. The minimum absolute atomic E-state index is 0.0979. The average molecular weight is 214 g/mol. The third kappa shape index (κ3) is 3.05. The number of hydrogen-bond acceptors (Lipinski definition) is 3. The first-order valence-electron chi connectivity index (χ1n) is 5.36. The molecule has 0 fully saturated rings. The van der Waals surface area contributed by atoms with Gasteiger partial charge in [-0.3, -0.25) is 4.79 Å². The van der Waals surface area contributed by atoms with Gasteiger partial charge >= 0.3 is 5.97 Å². The molecule has 15 heavy (non-hydrogen) atoms. The van der Waals surface area contributed by atoms with Crippen LogP contribution in [0.1, 0.15) is 48.0 Å². The SMILES string of the molecule is CCC(C)OC(=O)C(C)(C)C(C)(C)C=O. The number of carbonyl (C=O) groups is 2. The molecule has 1 atom stereocenters. The van der Waals surface area contributed by atoms with Crippen molar-refractivity contribution in [1.29, 1.82) is 0 Å². The quantitative estimate of drug-likeness (QED) is 0.522. The molecule has 0 aromatic rings. The van der Waals surface area contributed by atoms with E-state index in [1.807, 2.05) is 13.8 Å². The smallest absolute Gasteiger partial charge is 0.312 e. The summed E-state index contributed by atoms with van der Waals surface area (Å²) in [6.45, 7) is 10.8. The van der Waals surface area contributed by atoms with Crippen molar-refractivity contribution in [3.8, 4) is 0 Å². The van der Waals surface area contributed by atoms with Crippen molar-refractivity contribution >= 4 is 12.3 Å². The lowest BCUT2D eigenvalue weighted by Gasteiger charge is -2.35. The predicted molar refractivity (Wildman–Crippen MR) is 59.5 cm³/mol. The fourth-order valence-electron chi connectivity index (χ4n) is 0.824. The van der Waals surface area contributed by atoms with Crippen LogP contribution in [0.4, 0.5) is 0 Å². The van der Waals surface area contributed by atoms with Crippen molar-refractivity contribution in [2.45, 2.75) is 54.1 Å². The first kappa shape index (κ1) is 14.1. The molecular weight excluding hydrogens is 192 g/mol. The lowest BCUT2D eigenvalue weighted by molar-refractivity contribution is -0.167. The van der Waals surface area contributed by atoms with Crippen LogP contribution < -0.4 is 0 Å². The zero-order chi connectivity index (χ0) is 12.3. The molecule has 0 amide bonds. The highest BCUT2D eigenvalue weighted by molar-refractivity contribution is 5.82. The summed E-state index contributed by atoms with van der Waals surface area (Å²) in [6.07, 6.45) is 1.49. The maximum Gasteiger partial charge on any atom is 0.312 e. The van der Waals surface area contributed by atoms with E-state index in [4.69, 9.17) is 4.74 Å². The summed E-state index contributed by atoms with van der Waals surface area (Å²) in [4.78, 5) is 22.8. The number of carbonyl (C=O) groups excluding carboxylic acids is 2. The summed E-state index contributed by atoms with van der Waals surface area (Å²) in [7, 11) is 0. The van der Waals surface area contributed by atoms with Crippen molar-refractivity contribution in [1.82, 2.24) is 0 Å². The van der Waals surface area contributed by atoms with Gasteiger partial charge in [0.1, 0.15) is 6.29 Å². The third-order valence-electron chi connectivity index (χ3n) is 3.30. The lowest BCUT2D eigenvalue weighted by Crippen LogP contribution is -2.42. The highest BCUT2D eigenvalue weighted by Gasteiger charge is 2.44. The van der Waals surface area contributed by atoms with Crippen LogP contribution in [-0.2, 0) is 14.3 Å². The van der Waals surface area contributed by atoms with Crippen molar-refractivity contribution < 1.29 is 14.3 Å². The van der Waals surface area contributed by atoms with E-state index in [9.17, 15) is 9.59 Å². The van der Waals surface area contributed by atoms with E-state index in [0.29, 0.717) is 0 Å². The third-order valence-corrected chi connectivity index (χ3v) is 3.30. The molecule has 0 radical (unpaired) electrons. The van der Waals surface area contributed by atoms with Crippen molar-refractivity contribution in [2.24, 2.45) is 10.8 Å². The van der Waals surface area contributed by atoms with Crippen LogP contribution in [0.3, 0.4) is 0 Å². The van der Waals surface area contributed by atoms with E-state index in [1.54, 1.807) is 27.7 Å². The van der Waals surface area contributed by atoms with E-state index in [1.165, 1.54) is 0 Å². The zero-order valence-electron chi connectivity index (χ0n) is 10.6. The van der Waals surface area contributed by atoms with Gasteiger partial charge in [0.25, 0.3) is 0 Å². The second kappa shape index (κ2) is 4.77. The van der Waals surface area contributed by atoms with E-state index < -0.39 is 10.8 Å². The van der Waals surface area contributed by atoms with E-state index in [0.717, 1.165) is 12.7 Å². The first-order valence-corrected chi connectivity index (χ1v) is 5.36. The largest absolute Gasteiger partial charge is 0.462 e. The van der Waals surface area contributed by atoms with Crippen molar-refractivity contribution in [3.63, 3.8) is 0 Å². The predicted octanol–water partition coefficient (Wildman–Crippen LogP) is 2.58. The van der Waals surface area contributed by atoms with Crippen molar-refractivity contribution in [3.05, 3.63) is 0 Å². The molecule has 0 spiro atoms. The Bertz CT molecular complexity index is 241. The van der Waals surface area contributed by atoms with Crippen LogP contribution in [0.2, 0.25) is 0 Å². The Labute approximate surface area is 92.2 Å². The Kier molecular flexibility index (Phi) is 4.50. The Morgan fingerprint density at radius 1 is 1.33 bits per heavy atom. The van der Waals surface area contributed by atoms with Crippen molar-refractivity contribution in [2.75, 3.05) is 0 Å². The van der Waals surface area contributed by atoms with E-state index in [2.05, 4.69) is 0 Å². The van der Waals surface area contributed by atoms with Crippen LogP contribution >= 0.6 is 0 Å². The van der Waals surface area contributed by atoms with Crippen LogP contribution in [0.15, 0.2) is 0 Å². The van der Waals surface area contributed by atoms with Gasteiger partial charge in [0.2, 0.25) is 0 Å². The Balaban J connectivity index is 4.73. The molecule has 0 N–H and O–H groups in total. The van der Waals surface area contributed by atoms with Gasteiger partial charge in [-0.15, -0.1) is 0 Å². The molecule has 0 aliphatic rings. The molecule has 0 aromatic carbocycles. The molecule has 3 heteroatoms. The molecule has 0 heterocycles. The molecule has 0 aliphatic carbocycles. The minimum atomic E-state index is -0.793. The summed E-state index contributed by atoms with van der Waals surface area (Å²) in [6, 6.07) is 0. The van der Waals surface area contributed by atoms with Crippen LogP contribution in [-0.4, -0.2) is 18.4 Å². The number of rotatable bonds is 5. The monoisotopic (exact) mass is 214 g/mol. The number of hydrogen-bond donors (Lipinski definition) is 0. The van der Waals surface area contributed by atoms with E-state index in [-0.39, 0.29) is 12.1 Å². The molecule has 1 unspecified atom stereocenters. The van der Waals surface area contributed by atoms with Crippen LogP contribution in [0.25, 0.3) is 0 Å². The molecule has 0 saturated heterocycles. The highest BCUT2D eigenvalue weighted by Crippen LogP contribution is 2.38. The zero-order valence-corrected chi connectivity index (χ0v) is 10.6. The Hall–Kier alpha value is -0.860. The fourth-order valence-corrected chi connectivity index (χ4v) is 0.824. The number of aldehydes is 1. The van der Waals surface area contributed by atoms with Gasteiger partial charge < -0.3 is 9.53 Å². The minimum Gasteiger partial charge on any atom is -0.462 e. The maximum absolute atomic E-state index is 11.9. The van der Waals surface area contributed by atoms with Gasteiger partial charge in [-0.2, -0.15) is 0 Å². The molecular formula is C12H22O3. The van der Waals surface area contributed by atoms with Gasteiger partial charge in [-0.25, -0.2) is 0 Å². The maximum atomic E-state index is 11.9. The number of ether oxygens (including phenoxy) is 1. The first-order chi connectivity index (χ1) is 6.69. The highest BCUT2D eigenvalue weighted by atomic mass is 16.5. The van der Waals surface area contributed by atoms with Gasteiger partial charge in [0.15, 0.2) is 0 Å². The standard InChI is InChI=1S/C12H22O3/c1-7-9(2)15-10(14)12(5,6)11(3,4)8-13/h8-9H,7H2,1-6H3. The summed E-state index contributed by atoms with van der Waals surface area (Å²) in [5, 5.41) is 0. The molecule has 0 aromatic heterocycles. The normalized spacial score (nSPS) is 14.5.